The number of aryl methyl sites for hydroxylation is 2. The molecule has 0 saturated carbocycles. The highest BCUT2D eigenvalue weighted by atomic mass is 32.1. The van der Waals surface area contributed by atoms with Crippen LogP contribution in [0.4, 0.5) is 5.13 Å². The number of anilines is 1. The van der Waals surface area contributed by atoms with E-state index in [1.165, 1.54) is 11.3 Å². The number of nitrogens with one attached hydrogen (secondary N) is 1. The smallest absolute Gasteiger partial charge is 0.250 e. The lowest BCUT2D eigenvalue weighted by atomic mass is 9.98. The standard InChI is InChI=1S/C24H24N2O4S/c1-6-29-16-7-8-19-20(10-16)31-24(25-19)26-21(27)9-13(2)17-11-18-14(3)12-30-23(18)15(4)22(17)28-5/h7-12H,6H2,1-5H3,(H,25,26,27)/b13-9+. The van der Waals surface area contributed by atoms with E-state index in [0.717, 1.165) is 49.2 Å². The van der Waals surface area contributed by atoms with Gasteiger partial charge in [0.2, 0.25) is 5.91 Å². The van der Waals surface area contributed by atoms with Crippen molar-refractivity contribution >= 4 is 49.1 Å². The highest BCUT2D eigenvalue weighted by Gasteiger charge is 2.17. The maximum Gasteiger partial charge on any atom is 0.250 e. The summed E-state index contributed by atoms with van der Waals surface area (Å²) in [4.78, 5) is 17.2. The Hall–Kier alpha value is -3.32. The minimum absolute atomic E-state index is 0.245. The van der Waals surface area contributed by atoms with E-state index in [2.05, 4.69) is 10.3 Å². The van der Waals surface area contributed by atoms with E-state index in [4.69, 9.17) is 13.9 Å². The van der Waals surface area contributed by atoms with Gasteiger partial charge < -0.3 is 13.9 Å². The van der Waals surface area contributed by atoms with E-state index in [0.29, 0.717) is 17.5 Å². The summed E-state index contributed by atoms with van der Waals surface area (Å²) in [7, 11) is 1.62. The Morgan fingerprint density at radius 1 is 1.29 bits per heavy atom. The van der Waals surface area contributed by atoms with Crippen LogP contribution in [0.1, 0.15) is 30.5 Å². The summed E-state index contributed by atoms with van der Waals surface area (Å²) in [5, 5.41) is 4.43. The Kier molecular flexibility index (Phi) is 5.69. The third kappa shape index (κ3) is 4.01. The molecule has 0 bridgehead atoms. The summed E-state index contributed by atoms with van der Waals surface area (Å²) in [6.45, 7) is 8.39. The number of carbonyl (C=O) groups excluding carboxylic acids is 1. The first-order valence-electron chi connectivity index (χ1n) is 9.99. The Morgan fingerprint density at radius 2 is 2.10 bits per heavy atom. The number of furan rings is 1. The van der Waals surface area contributed by atoms with Gasteiger partial charge in [-0.25, -0.2) is 4.98 Å². The van der Waals surface area contributed by atoms with E-state index in [9.17, 15) is 4.79 Å². The fourth-order valence-electron chi connectivity index (χ4n) is 3.62. The molecule has 6 nitrogen and oxygen atoms in total. The van der Waals surface area contributed by atoms with Gasteiger partial charge in [0.25, 0.3) is 0 Å². The van der Waals surface area contributed by atoms with Gasteiger partial charge in [0.1, 0.15) is 17.1 Å². The maximum atomic E-state index is 12.7. The second-order valence-corrected chi connectivity index (χ2v) is 8.31. The first-order valence-corrected chi connectivity index (χ1v) is 10.8. The number of benzene rings is 2. The second-order valence-electron chi connectivity index (χ2n) is 7.28. The Balaban J connectivity index is 1.62. The number of amides is 1. The molecule has 0 atom stereocenters. The molecule has 2 aromatic heterocycles. The van der Waals surface area contributed by atoms with Gasteiger partial charge in [-0.1, -0.05) is 11.3 Å². The van der Waals surface area contributed by atoms with Crippen LogP contribution in [0.2, 0.25) is 0 Å². The maximum absolute atomic E-state index is 12.7. The second kappa shape index (κ2) is 8.43. The molecule has 0 aliphatic heterocycles. The molecule has 160 valence electrons. The van der Waals surface area contributed by atoms with Crippen molar-refractivity contribution in [3.05, 3.63) is 53.3 Å². The Morgan fingerprint density at radius 3 is 2.84 bits per heavy atom. The molecule has 1 amide bonds. The van der Waals surface area contributed by atoms with Gasteiger partial charge in [0, 0.05) is 22.6 Å². The molecular formula is C24H24N2O4S. The van der Waals surface area contributed by atoms with Crippen molar-refractivity contribution in [2.24, 2.45) is 0 Å². The zero-order valence-corrected chi connectivity index (χ0v) is 19.0. The number of fused-ring (bicyclic) bond motifs is 2. The number of hydrogen-bond acceptors (Lipinski definition) is 6. The molecule has 0 spiro atoms. The van der Waals surface area contributed by atoms with Crippen molar-refractivity contribution < 1.29 is 18.7 Å². The molecule has 0 unspecified atom stereocenters. The van der Waals surface area contributed by atoms with Gasteiger partial charge >= 0.3 is 0 Å². The molecule has 0 fully saturated rings. The van der Waals surface area contributed by atoms with E-state index < -0.39 is 0 Å². The van der Waals surface area contributed by atoms with Gasteiger partial charge in [0.05, 0.1) is 30.2 Å². The summed E-state index contributed by atoms with van der Waals surface area (Å²) >= 11 is 1.41. The zero-order valence-electron chi connectivity index (χ0n) is 18.2. The fourth-order valence-corrected chi connectivity index (χ4v) is 4.52. The Labute approximate surface area is 184 Å². The molecule has 0 aliphatic carbocycles. The highest BCUT2D eigenvalue weighted by Crippen LogP contribution is 2.37. The molecular weight excluding hydrogens is 412 g/mol. The highest BCUT2D eigenvalue weighted by molar-refractivity contribution is 7.22. The van der Waals surface area contributed by atoms with Crippen LogP contribution in [0.3, 0.4) is 0 Å². The number of carbonyl (C=O) groups is 1. The predicted molar refractivity (Wildman–Crippen MR) is 125 cm³/mol. The lowest BCUT2D eigenvalue weighted by Gasteiger charge is -2.13. The van der Waals surface area contributed by atoms with Gasteiger partial charge in [-0.2, -0.15) is 0 Å². The van der Waals surface area contributed by atoms with Crippen LogP contribution >= 0.6 is 11.3 Å². The number of allylic oxidation sites excluding steroid dienone is 1. The minimum atomic E-state index is -0.245. The molecule has 1 N–H and O–H groups in total. The van der Waals surface area contributed by atoms with Crippen LogP contribution in [0.5, 0.6) is 11.5 Å². The van der Waals surface area contributed by atoms with Crippen LogP contribution in [-0.4, -0.2) is 24.6 Å². The van der Waals surface area contributed by atoms with Crippen molar-refractivity contribution in [1.82, 2.24) is 4.98 Å². The van der Waals surface area contributed by atoms with Crippen molar-refractivity contribution in [2.75, 3.05) is 19.0 Å². The zero-order chi connectivity index (χ0) is 22.1. The topological polar surface area (TPSA) is 73.6 Å². The Bertz CT molecular complexity index is 1320. The van der Waals surface area contributed by atoms with Crippen molar-refractivity contribution in [2.45, 2.75) is 27.7 Å². The lowest BCUT2D eigenvalue weighted by Crippen LogP contribution is -2.08. The van der Waals surface area contributed by atoms with Crippen LogP contribution in [0.25, 0.3) is 26.8 Å². The molecule has 4 rings (SSSR count). The normalized spacial score (nSPS) is 11.8. The van der Waals surface area contributed by atoms with Crippen LogP contribution < -0.4 is 14.8 Å². The van der Waals surface area contributed by atoms with Crippen LogP contribution in [-0.2, 0) is 4.79 Å². The van der Waals surface area contributed by atoms with Crippen LogP contribution in [0, 0.1) is 13.8 Å². The van der Waals surface area contributed by atoms with Gasteiger partial charge in [-0.3, -0.25) is 10.1 Å². The molecule has 2 aromatic carbocycles. The third-order valence-electron chi connectivity index (χ3n) is 5.12. The van der Waals surface area contributed by atoms with Gasteiger partial charge in [0.15, 0.2) is 5.13 Å². The molecule has 0 saturated heterocycles. The monoisotopic (exact) mass is 436 g/mol. The molecule has 4 aromatic rings. The van der Waals surface area contributed by atoms with Gasteiger partial charge in [-0.05, 0) is 63.1 Å². The van der Waals surface area contributed by atoms with Crippen LogP contribution in [0.15, 0.2) is 41.0 Å². The van der Waals surface area contributed by atoms with Crippen molar-refractivity contribution in [1.29, 1.82) is 0 Å². The number of hydrogen-bond donors (Lipinski definition) is 1. The molecule has 7 heteroatoms. The number of rotatable bonds is 6. The number of nitrogens with zero attached hydrogens (tertiary/aromatic N) is 1. The first-order chi connectivity index (χ1) is 14.9. The van der Waals surface area contributed by atoms with Crippen molar-refractivity contribution in [3.63, 3.8) is 0 Å². The SMILES string of the molecule is CCOc1ccc2nc(NC(=O)/C=C(\C)c3cc4c(C)coc4c(C)c3OC)sc2c1. The average Bonchev–Trinajstić information content (AvgIpc) is 3.30. The summed E-state index contributed by atoms with van der Waals surface area (Å²) in [6.07, 6.45) is 3.30. The number of aromatic nitrogens is 1. The summed E-state index contributed by atoms with van der Waals surface area (Å²) in [5.41, 5.74) is 5.23. The predicted octanol–water partition coefficient (Wildman–Crippen LogP) is 6.11. The van der Waals surface area contributed by atoms with E-state index in [1.807, 2.05) is 52.0 Å². The summed E-state index contributed by atoms with van der Waals surface area (Å²) < 4.78 is 17.8. The number of methoxy groups -OCH3 is 1. The van der Waals surface area contributed by atoms with Crippen molar-refractivity contribution in [3.8, 4) is 11.5 Å². The largest absolute Gasteiger partial charge is 0.496 e. The summed E-state index contributed by atoms with van der Waals surface area (Å²) in [6, 6.07) is 7.71. The number of thiazole rings is 1. The minimum Gasteiger partial charge on any atom is -0.496 e. The molecule has 0 radical (unpaired) electrons. The van der Waals surface area contributed by atoms with E-state index in [1.54, 1.807) is 19.4 Å². The molecule has 31 heavy (non-hydrogen) atoms. The fraction of sp³-hybridized carbons (Fsp3) is 0.250. The summed E-state index contributed by atoms with van der Waals surface area (Å²) in [5.74, 6) is 1.25. The number of ether oxygens (including phenoxy) is 2. The third-order valence-corrected chi connectivity index (χ3v) is 6.05. The van der Waals surface area contributed by atoms with E-state index in [-0.39, 0.29) is 5.91 Å². The molecule has 2 heterocycles. The van der Waals surface area contributed by atoms with Gasteiger partial charge in [-0.15, -0.1) is 0 Å². The quantitative estimate of drug-likeness (QED) is 0.369. The molecule has 0 aliphatic rings. The average molecular weight is 437 g/mol. The van der Waals surface area contributed by atoms with E-state index >= 15 is 0 Å². The first kappa shape index (κ1) is 20.9. The lowest BCUT2D eigenvalue weighted by molar-refractivity contribution is -0.111.